The van der Waals surface area contributed by atoms with Gasteiger partial charge in [0.25, 0.3) is 0 Å². The van der Waals surface area contributed by atoms with E-state index in [1.54, 1.807) is 12.1 Å². The number of rotatable bonds is 4. The Balaban J connectivity index is 2.13. The molecule has 0 aliphatic carbocycles. The summed E-state index contributed by atoms with van der Waals surface area (Å²) in [6, 6.07) is 17.3. The van der Waals surface area contributed by atoms with Gasteiger partial charge >= 0.3 is 5.97 Å². The second-order valence-corrected chi connectivity index (χ2v) is 4.16. The number of benzene rings is 2. The molecule has 0 saturated heterocycles. The average Bonchev–Trinajstić information content (AvgIpc) is 2.48. The van der Waals surface area contributed by atoms with Crippen LogP contribution < -0.4 is 4.74 Å². The van der Waals surface area contributed by atoms with Gasteiger partial charge < -0.3 is 4.74 Å². The molecule has 0 spiro atoms. The second kappa shape index (κ2) is 6.07. The van der Waals surface area contributed by atoms with Crippen molar-refractivity contribution in [3.63, 3.8) is 0 Å². The van der Waals surface area contributed by atoms with Gasteiger partial charge in [-0.1, -0.05) is 61.3 Å². The van der Waals surface area contributed by atoms with E-state index in [-0.39, 0.29) is 5.57 Å². The van der Waals surface area contributed by atoms with Gasteiger partial charge in [-0.05, 0) is 23.3 Å². The van der Waals surface area contributed by atoms with Crippen LogP contribution in [-0.4, -0.2) is 11.3 Å². The van der Waals surface area contributed by atoms with Crippen LogP contribution in [0.3, 0.4) is 0 Å². The molecule has 0 saturated carbocycles. The largest absolute Gasteiger partial charge is 0.423 e. The van der Waals surface area contributed by atoms with E-state index in [0.29, 0.717) is 5.75 Å². The van der Waals surface area contributed by atoms with Gasteiger partial charge in [-0.15, -0.1) is 0 Å². The fraction of sp³-hybridized carbons (Fsp3) is 0. The summed E-state index contributed by atoms with van der Waals surface area (Å²) < 4.78 is 5.12. The van der Waals surface area contributed by atoms with Crippen molar-refractivity contribution in [3.8, 4) is 16.9 Å². The minimum absolute atomic E-state index is 0.169. The zero-order valence-corrected chi connectivity index (χ0v) is 11.0. The van der Waals surface area contributed by atoms with E-state index in [1.807, 2.05) is 42.5 Å². The molecular weight excluding hydrogens is 256 g/mol. The van der Waals surface area contributed by atoms with E-state index in [0.717, 1.165) is 11.1 Å². The molecule has 2 aromatic rings. The summed E-state index contributed by atoms with van der Waals surface area (Å²) >= 11 is 4.63. The van der Waals surface area contributed by atoms with Crippen molar-refractivity contribution in [2.24, 2.45) is 0 Å². The second-order valence-electron chi connectivity index (χ2n) is 3.92. The predicted molar refractivity (Wildman–Crippen MR) is 80.3 cm³/mol. The standard InChI is InChI=1S/C16H12O2S/c1-12(11-19)16(17)18-15-9-7-14(8-10-15)13-5-3-2-4-6-13/h2-11H,1H2. The van der Waals surface area contributed by atoms with Gasteiger partial charge in [-0.2, -0.15) is 0 Å². The molecule has 2 nitrogen and oxygen atoms in total. The first kappa shape index (κ1) is 13.2. The molecule has 0 atom stereocenters. The highest BCUT2D eigenvalue weighted by Crippen LogP contribution is 2.22. The van der Waals surface area contributed by atoms with E-state index < -0.39 is 5.97 Å². The summed E-state index contributed by atoms with van der Waals surface area (Å²) in [6.07, 6.45) is 0. The third-order valence-corrected chi connectivity index (χ3v) is 2.86. The van der Waals surface area contributed by atoms with Gasteiger partial charge in [-0.25, -0.2) is 4.79 Å². The van der Waals surface area contributed by atoms with Crippen LogP contribution in [0.5, 0.6) is 5.75 Å². The van der Waals surface area contributed by atoms with E-state index in [4.69, 9.17) is 4.74 Å². The summed E-state index contributed by atoms with van der Waals surface area (Å²) in [7, 11) is 0. The molecular formula is C16H12O2S. The Labute approximate surface area is 117 Å². The Kier molecular flexibility index (Phi) is 4.21. The average molecular weight is 268 g/mol. The van der Waals surface area contributed by atoms with E-state index in [9.17, 15) is 4.79 Å². The minimum Gasteiger partial charge on any atom is -0.423 e. The number of esters is 1. The molecule has 0 aliphatic rings. The Morgan fingerprint density at radius 1 is 1.00 bits per heavy atom. The summed E-state index contributed by atoms with van der Waals surface area (Å²) in [4.78, 5) is 11.5. The number of ether oxygens (including phenoxy) is 1. The molecule has 0 fully saturated rings. The van der Waals surface area contributed by atoms with Gasteiger partial charge in [0.2, 0.25) is 0 Å². The molecule has 0 aliphatic heterocycles. The molecule has 19 heavy (non-hydrogen) atoms. The highest BCUT2D eigenvalue weighted by molar-refractivity contribution is 7.79. The number of hydrogen-bond donors (Lipinski definition) is 0. The number of thiocarbonyl (C=S) groups is 1. The normalized spacial score (nSPS) is 9.68. The molecule has 0 bridgehead atoms. The molecule has 0 unspecified atom stereocenters. The lowest BCUT2D eigenvalue weighted by molar-refractivity contribution is -0.129. The Bertz CT molecular complexity index is 600. The fourth-order valence-corrected chi connectivity index (χ4v) is 1.66. The maximum absolute atomic E-state index is 11.5. The van der Waals surface area contributed by atoms with Crippen LogP contribution in [-0.2, 0) is 4.79 Å². The third-order valence-electron chi connectivity index (χ3n) is 2.58. The topological polar surface area (TPSA) is 26.3 Å². The zero-order valence-electron chi connectivity index (χ0n) is 10.2. The first-order chi connectivity index (χ1) is 9.20. The van der Waals surface area contributed by atoms with Crippen molar-refractivity contribution >= 4 is 23.6 Å². The van der Waals surface area contributed by atoms with Crippen molar-refractivity contribution in [2.75, 3.05) is 0 Å². The lowest BCUT2D eigenvalue weighted by Crippen LogP contribution is -2.10. The van der Waals surface area contributed by atoms with Crippen molar-refractivity contribution in [1.82, 2.24) is 0 Å². The number of carbonyl (C=O) groups excluding carboxylic acids is 1. The maximum Gasteiger partial charge on any atom is 0.343 e. The van der Waals surface area contributed by atoms with Gasteiger partial charge in [0, 0.05) is 5.37 Å². The predicted octanol–water partition coefficient (Wildman–Crippen LogP) is 3.81. The number of carbonyl (C=O) groups is 1. The van der Waals surface area contributed by atoms with Gasteiger partial charge in [0.1, 0.15) is 5.75 Å². The first-order valence-electron chi connectivity index (χ1n) is 5.72. The third kappa shape index (κ3) is 3.36. The SMILES string of the molecule is C=C(C=S)C(=O)Oc1ccc(-c2ccccc2)cc1. The van der Waals surface area contributed by atoms with Crippen LogP contribution in [0.1, 0.15) is 0 Å². The molecule has 2 aromatic carbocycles. The van der Waals surface area contributed by atoms with Crippen molar-refractivity contribution in [1.29, 1.82) is 0 Å². The molecule has 0 heterocycles. The molecule has 3 heteroatoms. The summed E-state index contributed by atoms with van der Waals surface area (Å²) in [5, 5.41) is 1.21. The maximum atomic E-state index is 11.5. The monoisotopic (exact) mass is 268 g/mol. The first-order valence-corrected chi connectivity index (χ1v) is 6.19. The molecule has 0 N–H and O–H groups in total. The van der Waals surface area contributed by atoms with Crippen LogP contribution in [0, 0.1) is 0 Å². The van der Waals surface area contributed by atoms with E-state index >= 15 is 0 Å². The van der Waals surface area contributed by atoms with E-state index in [2.05, 4.69) is 18.8 Å². The van der Waals surface area contributed by atoms with Crippen molar-refractivity contribution < 1.29 is 9.53 Å². The van der Waals surface area contributed by atoms with Gasteiger partial charge in [0.15, 0.2) is 0 Å². The van der Waals surface area contributed by atoms with Crippen LogP contribution in [0.15, 0.2) is 66.7 Å². The quantitative estimate of drug-likeness (QED) is 0.365. The molecule has 0 radical (unpaired) electrons. The van der Waals surface area contributed by atoms with Crippen molar-refractivity contribution in [2.45, 2.75) is 0 Å². The van der Waals surface area contributed by atoms with E-state index in [1.165, 1.54) is 5.37 Å². The van der Waals surface area contributed by atoms with Crippen LogP contribution >= 0.6 is 12.2 Å². The van der Waals surface area contributed by atoms with Gasteiger partial charge in [0.05, 0.1) is 5.57 Å². The molecule has 94 valence electrons. The summed E-state index contributed by atoms with van der Waals surface area (Å²) in [6.45, 7) is 3.50. The zero-order chi connectivity index (χ0) is 13.7. The lowest BCUT2D eigenvalue weighted by atomic mass is 10.1. The highest BCUT2D eigenvalue weighted by atomic mass is 32.1. The van der Waals surface area contributed by atoms with Gasteiger partial charge in [-0.3, -0.25) is 0 Å². The van der Waals surface area contributed by atoms with Crippen LogP contribution in [0.4, 0.5) is 0 Å². The Morgan fingerprint density at radius 3 is 2.16 bits per heavy atom. The minimum atomic E-state index is -0.525. The fourth-order valence-electron chi connectivity index (χ4n) is 1.57. The molecule has 2 rings (SSSR count). The van der Waals surface area contributed by atoms with Crippen LogP contribution in [0.25, 0.3) is 11.1 Å². The lowest BCUT2D eigenvalue weighted by Gasteiger charge is -2.05. The summed E-state index contributed by atoms with van der Waals surface area (Å²) in [5.74, 6) is -0.0508. The number of hydrogen-bond acceptors (Lipinski definition) is 3. The van der Waals surface area contributed by atoms with Crippen LogP contribution in [0.2, 0.25) is 0 Å². The smallest absolute Gasteiger partial charge is 0.343 e. The van der Waals surface area contributed by atoms with Crippen molar-refractivity contribution in [3.05, 3.63) is 66.7 Å². The molecule has 0 amide bonds. The Morgan fingerprint density at radius 2 is 1.58 bits per heavy atom. The highest BCUT2D eigenvalue weighted by Gasteiger charge is 2.07. The molecule has 0 aromatic heterocycles. The Hall–Kier alpha value is -2.26. The summed E-state index contributed by atoms with van der Waals surface area (Å²) in [5.41, 5.74) is 2.35.